The predicted octanol–water partition coefficient (Wildman–Crippen LogP) is 3.14. The molecule has 2 rings (SSSR count). The molecule has 2 aromatic rings. The lowest BCUT2D eigenvalue weighted by atomic mass is 9.81. The van der Waals surface area contributed by atoms with Gasteiger partial charge in [-0.25, -0.2) is 0 Å². The van der Waals surface area contributed by atoms with E-state index in [9.17, 15) is 0 Å². The Morgan fingerprint density at radius 1 is 1.32 bits per heavy atom. The molecule has 104 valence electrons. The lowest BCUT2D eigenvalue weighted by Gasteiger charge is -2.27. The Kier molecular flexibility index (Phi) is 3.95. The standard InChI is InChI=1S/C16H25N3/c1-12(17-4)10-16(2,3)11-14-13-8-6-7-9-15(13)19(5)18-14/h6-9,12,17H,10-11H2,1-5H3. The van der Waals surface area contributed by atoms with Gasteiger partial charge in [0, 0.05) is 18.5 Å². The molecule has 0 aliphatic carbocycles. The van der Waals surface area contributed by atoms with Gasteiger partial charge in [0.1, 0.15) is 0 Å². The van der Waals surface area contributed by atoms with Crippen molar-refractivity contribution in [2.24, 2.45) is 12.5 Å². The van der Waals surface area contributed by atoms with Crippen molar-refractivity contribution in [2.45, 2.75) is 39.7 Å². The van der Waals surface area contributed by atoms with E-state index < -0.39 is 0 Å². The maximum absolute atomic E-state index is 4.70. The zero-order valence-electron chi connectivity index (χ0n) is 12.7. The summed E-state index contributed by atoms with van der Waals surface area (Å²) in [5.41, 5.74) is 2.68. The highest BCUT2D eigenvalue weighted by atomic mass is 15.3. The lowest BCUT2D eigenvalue weighted by Crippen LogP contribution is -2.29. The Bertz CT molecular complexity index is 554. The van der Waals surface area contributed by atoms with E-state index in [1.54, 1.807) is 0 Å². The molecule has 3 heteroatoms. The Hall–Kier alpha value is -1.35. The fourth-order valence-electron chi connectivity index (χ4n) is 2.88. The molecule has 1 aromatic carbocycles. The molecular weight excluding hydrogens is 234 g/mol. The van der Waals surface area contributed by atoms with E-state index in [0.29, 0.717) is 6.04 Å². The van der Waals surface area contributed by atoms with Gasteiger partial charge in [0.25, 0.3) is 0 Å². The summed E-state index contributed by atoms with van der Waals surface area (Å²) in [4.78, 5) is 0. The van der Waals surface area contributed by atoms with Gasteiger partial charge in [-0.15, -0.1) is 0 Å². The molecule has 1 N–H and O–H groups in total. The molecule has 0 saturated heterocycles. The number of nitrogens with one attached hydrogen (secondary N) is 1. The average Bonchev–Trinajstić information content (AvgIpc) is 2.65. The second-order valence-electron chi connectivity index (χ2n) is 6.32. The minimum atomic E-state index is 0.250. The molecule has 1 atom stereocenters. The van der Waals surface area contributed by atoms with Crippen LogP contribution >= 0.6 is 0 Å². The van der Waals surface area contributed by atoms with Gasteiger partial charge in [-0.3, -0.25) is 4.68 Å². The van der Waals surface area contributed by atoms with Crippen molar-refractivity contribution in [2.75, 3.05) is 7.05 Å². The largest absolute Gasteiger partial charge is 0.317 e. The lowest BCUT2D eigenvalue weighted by molar-refractivity contribution is 0.291. The van der Waals surface area contributed by atoms with Gasteiger partial charge >= 0.3 is 0 Å². The van der Waals surface area contributed by atoms with Crippen LogP contribution in [0.3, 0.4) is 0 Å². The molecule has 0 spiro atoms. The predicted molar refractivity (Wildman–Crippen MR) is 81.3 cm³/mol. The number of hydrogen-bond donors (Lipinski definition) is 1. The summed E-state index contributed by atoms with van der Waals surface area (Å²) in [5, 5.41) is 9.32. The molecule has 0 bridgehead atoms. The second kappa shape index (κ2) is 5.33. The molecule has 0 fully saturated rings. The summed E-state index contributed by atoms with van der Waals surface area (Å²) < 4.78 is 1.99. The van der Waals surface area contributed by atoms with Crippen LogP contribution in [0.2, 0.25) is 0 Å². The first-order chi connectivity index (χ1) is 8.93. The summed E-state index contributed by atoms with van der Waals surface area (Å²) in [6.07, 6.45) is 2.16. The third-order valence-corrected chi connectivity index (χ3v) is 3.83. The SMILES string of the molecule is CNC(C)CC(C)(C)Cc1nn(C)c2ccccc12. The van der Waals surface area contributed by atoms with Crippen molar-refractivity contribution in [1.82, 2.24) is 15.1 Å². The Balaban J connectivity index is 2.26. The molecule has 0 radical (unpaired) electrons. The zero-order valence-corrected chi connectivity index (χ0v) is 12.7. The molecule has 0 saturated carbocycles. The molecule has 1 unspecified atom stereocenters. The number of benzene rings is 1. The number of aromatic nitrogens is 2. The van der Waals surface area contributed by atoms with Crippen LogP contribution in [0, 0.1) is 5.41 Å². The van der Waals surface area contributed by atoms with Gasteiger partial charge in [-0.05, 0) is 38.3 Å². The third kappa shape index (κ3) is 3.16. The summed E-state index contributed by atoms with van der Waals surface area (Å²) in [5.74, 6) is 0. The van der Waals surface area contributed by atoms with E-state index in [0.717, 1.165) is 12.8 Å². The van der Waals surface area contributed by atoms with Crippen LogP contribution in [0.4, 0.5) is 0 Å². The van der Waals surface area contributed by atoms with Gasteiger partial charge in [-0.2, -0.15) is 5.10 Å². The highest BCUT2D eigenvalue weighted by Crippen LogP contribution is 2.30. The number of hydrogen-bond acceptors (Lipinski definition) is 2. The maximum Gasteiger partial charge on any atom is 0.0708 e. The molecule has 0 aliphatic heterocycles. The summed E-state index contributed by atoms with van der Waals surface area (Å²) in [6, 6.07) is 9.01. The van der Waals surface area contributed by atoms with E-state index >= 15 is 0 Å². The zero-order chi connectivity index (χ0) is 14.0. The quantitative estimate of drug-likeness (QED) is 0.894. The van der Waals surface area contributed by atoms with Crippen molar-refractivity contribution in [1.29, 1.82) is 0 Å². The van der Waals surface area contributed by atoms with Crippen molar-refractivity contribution in [3.05, 3.63) is 30.0 Å². The van der Waals surface area contributed by atoms with E-state index in [4.69, 9.17) is 5.10 Å². The van der Waals surface area contributed by atoms with Crippen molar-refractivity contribution >= 4 is 10.9 Å². The van der Waals surface area contributed by atoms with Crippen molar-refractivity contribution in [3.8, 4) is 0 Å². The van der Waals surface area contributed by atoms with E-state index in [-0.39, 0.29) is 5.41 Å². The molecule has 0 aliphatic rings. The van der Waals surface area contributed by atoms with E-state index in [1.807, 2.05) is 18.8 Å². The topological polar surface area (TPSA) is 29.9 Å². The number of para-hydroxylation sites is 1. The fraction of sp³-hybridized carbons (Fsp3) is 0.562. The smallest absolute Gasteiger partial charge is 0.0708 e. The van der Waals surface area contributed by atoms with Gasteiger partial charge < -0.3 is 5.32 Å². The van der Waals surface area contributed by atoms with Crippen molar-refractivity contribution < 1.29 is 0 Å². The first-order valence-corrected chi connectivity index (χ1v) is 7.01. The first-order valence-electron chi connectivity index (χ1n) is 7.01. The molecule has 1 aromatic heterocycles. The van der Waals surface area contributed by atoms with Crippen molar-refractivity contribution in [3.63, 3.8) is 0 Å². The normalized spacial score (nSPS) is 13.9. The second-order valence-corrected chi connectivity index (χ2v) is 6.32. The van der Waals surface area contributed by atoms with Gasteiger partial charge in [0.15, 0.2) is 0 Å². The number of fused-ring (bicyclic) bond motifs is 1. The Morgan fingerprint density at radius 2 is 2.00 bits per heavy atom. The van der Waals surface area contributed by atoms with Gasteiger partial charge in [0.05, 0.1) is 11.2 Å². The van der Waals surface area contributed by atoms with Crippen LogP contribution in [-0.2, 0) is 13.5 Å². The first kappa shape index (κ1) is 14.1. The van der Waals surface area contributed by atoms with Crippen LogP contribution < -0.4 is 5.32 Å². The number of nitrogens with zero attached hydrogens (tertiary/aromatic N) is 2. The van der Waals surface area contributed by atoms with Crippen LogP contribution in [0.1, 0.15) is 32.9 Å². The summed E-state index contributed by atoms with van der Waals surface area (Å²) in [7, 11) is 4.05. The third-order valence-electron chi connectivity index (χ3n) is 3.83. The minimum Gasteiger partial charge on any atom is -0.317 e. The summed E-state index contributed by atoms with van der Waals surface area (Å²) >= 11 is 0. The van der Waals surface area contributed by atoms with Crippen LogP contribution in [-0.4, -0.2) is 22.9 Å². The molecule has 0 amide bonds. The fourth-order valence-corrected chi connectivity index (χ4v) is 2.88. The number of rotatable bonds is 5. The molecule has 19 heavy (non-hydrogen) atoms. The maximum atomic E-state index is 4.70. The van der Waals surface area contributed by atoms with E-state index in [1.165, 1.54) is 16.6 Å². The highest BCUT2D eigenvalue weighted by Gasteiger charge is 2.23. The molecule has 1 heterocycles. The monoisotopic (exact) mass is 259 g/mol. The van der Waals surface area contributed by atoms with Gasteiger partial charge in [0.2, 0.25) is 0 Å². The average molecular weight is 259 g/mol. The van der Waals surface area contributed by atoms with Crippen LogP contribution in [0.15, 0.2) is 24.3 Å². The van der Waals surface area contributed by atoms with Crippen LogP contribution in [0.5, 0.6) is 0 Å². The Labute approximate surface area is 116 Å². The van der Waals surface area contributed by atoms with Crippen LogP contribution in [0.25, 0.3) is 10.9 Å². The number of aryl methyl sites for hydroxylation is 1. The van der Waals surface area contributed by atoms with E-state index in [2.05, 4.69) is 50.4 Å². The molecular formula is C16H25N3. The highest BCUT2D eigenvalue weighted by molar-refractivity contribution is 5.81. The molecule has 3 nitrogen and oxygen atoms in total. The summed E-state index contributed by atoms with van der Waals surface area (Å²) in [6.45, 7) is 6.88. The Morgan fingerprint density at radius 3 is 2.68 bits per heavy atom. The van der Waals surface area contributed by atoms with Gasteiger partial charge in [-0.1, -0.05) is 32.0 Å². The minimum absolute atomic E-state index is 0.250.